The van der Waals surface area contributed by atoms with Gasteiger partial charge in [0, 0.05) is 17.7 Å². The molecule has 1 atom stereocenters. The molecule has 1 aliphatic carbocycles. The van der Waals surface area contributed by atoms with Crippen molar-refractivity contribution >= 4 is 0 Å². The summed E-state index contributed by atoms with van der Waals surface area (Å²) in [6, 6.07) is 8.18. The van der Waals surface area contributed by atoms with Gasteiger partial charge in [0.05, 0.1) is 12.8 Å². The molecule has 1 aromatic heterocycles. The van der Waals surface area contributed by atoms with E-state index in [0.717, 1.165) is 24.3 Å². The smallest absolute Gasteiger partial charge is 0.122 e. The summed E-state index contributed by atoms with van der Waals surface area (Å²) >= 11 is 0. The molecule has 3 heteroatoms. The van der Waals surface area contributed by atoms with Crippen molar-refractivity contribution in [2.75, 3.05) is 7.11 Å². The molecule has 3 nitrogen and oxygen atoms in total. The average Bonchev–Trinajstić information content (AvgIpc) is 2.82. The first kappa shape index (κ1) is 10.3. The molecular weight excluding hydrogens is 212 g/mol. The molecule has 0 saturated heterocycles. The highest BCUT2D eigenvalue weighted by molar-refractivity contribution is 5.44. The van der Waals surface area contributed by atoms with Crippen molar-refractivity contribution in [3.8, 4) is 5.75 Å². The summed E-state index contributed by atoms with van der Waals surface area (Å²) in [7, 11) is 1.72. The van der Waals surface area contributed by atoms with E-state index in [2.05, 4.69) is 22.1 Å². The van der Waals surface area contributed by atoms with Gasteiger partial charge in [0.25, 0.3) is 0 Å². The fourth-order valence-corrected chi connectivity index (χ4v) is 2.57. The Bertz CT molecular complexity index is 539. The molecule has 0 bridgehead atoms. The Morgan fingerprint density at radius 1 is 1.29 bits per heavy atom. The lowest BCUT2D eigenvalue weighted by molar-refractivity contribution is 0.407. The van der Waals surface area contributed by atoms with Crippen LogP contribution in [0, 0.1) is 0 Å². The molecule has 0 radical (unpaired) electrons. The van der Waals surface area contributed by atoms with Crippen LogP contribution in [0.25, 0.3) is 0 Å². The molecule has 1 aliphatic rings. The second-order valence-electron chi connectivity index (χ2n) is 4.27. The van der Waals surface area contributed by atoms with Crippen molar-refractivity contribution in [2.45, 2.75) is 18.8 Å². The van der Waals surface area contributed by atoms with Crippen LogP contribution in [-0.4, -0.2) is 17.1 Å². The van der Waals surface area contributed by atoms with Gasteiger partial charge in [-0.05, 0) is 24.5 Å². The standard InChI is InChI=1S/C14H14N2O/c1-17-13-5-3-2-4-11(13)12-7-6-10-8-15-9-16-14(10)12/h2-5,8-9,12H,6-7H2,1H3. The van der Waals surface area contributed by atoms with Gasteiger partial charge < -0.3 is 4.74 Å². The van der Waals surface area contributed by atoms with E-state index < -0.39 is 0 Å². The summed E-state index contributed by atoms with van der Waals surface area (Å²) in [5, 5.41) is 0. The Hall–Kier alpha value is -1.90. The van der Waals surface area contributed by atoms with Crippen molar-refractivity contribution in [3.63, 3.8) is 0 Å². The predicted molar refractivity (Wildman–Crippen MR) is 65.2 cm³/mol. The highest BCUT2D eigenvalue weighted by Crippen LogP contribution is 2.39. The number of methoxy groups -OCH3 is 1. The van der Waals surface area contributed by atoms with E-state index in [1.807, 2.05) is 18.3 Å². The minimum Gasteiger partial charge on any atom is -0.496 e. The Balaban J connectivity index is 2.07. The summed E-state index contributed by atoms with van der Waals surface area (Å²) < 4.78 is 5.43. The van der Waals surface area contributed by atoms with Gasteiger partial charge >= 0.3 is 0 Å². The number of rotatable bonds is 2. The third kappa shape index (κ3) is 1.68. The second-order valence-corrected chi connectivity index (χ2v) is 4.27. The van der Waals surface area contributed by atoms with Crippen molar-refractivity contribution in [1.29, 1.82) is 0 Å². The molecular formula is C14H14N2O. The average molecular weight is 226 g/mol. The SMILES string of the molecule is COc1ccccc1C1CCc2cncnc21. The fourth-order valence-electron chi connectivity index (χ4n) is 2.57. The van der Waals surface area contributed by atoms with Crippen molar-refractivity contribution in [3.05, 3.63) is 53.6 Å². The van der Waals surface area contributed by atoms with E-state index in [1.54, 1.807) is 13.4 Å². The maximum absolute atomic E-state index is 5.43. The van der Waals surface area contributed by atoms with E-state index in [-0.39, 0.29) is 0 Å². The van der Waals surface area contributed by atoms with Crippen LogP contribution >= 0.6 is 0 Å². The number of nitrogens with zero attached hydrogens (tertiary/aromatic N) is 2. The molecule has 1 unspecified atom stereocenters. The van der Waals surface area contributed by atoms with Crippen LogP contribution in [0.15, 0.2) is 36.8 Å². The molecule has 0 amide bonds. The Kier molecular flexibility index (Phi) is 2.52. The van der Waals surface area contributed by atoms with E-state index in [1.165, 1.54) is 11.1 Å². The minimum atomic E-state index is 0.351. The number of para-hydroxylation sites is 1. The van der Waals surface area contributed by atoms with E-state index in [4.69, 9.17) is 4.74 Å². The summed E-state index contributed by atoms with van der Waals surface area (Å²) in [6.07, 6.45) is 5.71. The zero-order valence-corrected chi connectivity index (χ0v) is 9.76. The van der Waals surface area contributed by atoms with Crippen molar-refractivity contribution < 1.29 is 4.74 Å². The Labute approximate surface area is 100 Å². The number of aromatic nitrogens is 2. The van der Waals surface area contributed by atoms with Crippen LogP contribution < -0.4 is 4.74 Å². The number of hydrogen-bond acceptors (Lipinski definition) is 3. The number of hydrogen-bond donors (Lipinski definition) is 0. The van der Waals surface area contributed by atoms with Crippen LogP contribution in [0.5, 0.6) is 5.75 Å². The lowest BCUT2D eigenvalue weighted by atomic mass is 9.96. The van der Waals surface area contributed by atoms with Gasteiger partial charge in [-0.2, -0.15) is 0 Å². The molecule has 17 heavy (non-hydrogen) atoms. The predicted octanol–water partition coefficient (Wildman–Crippen LogP) is 2.56. The van der Waals surface area contributed by atoms with Gasteiger partial charge in [0.2, 0.25) is 0 Å². The zero-order chi connectivity index (χ0) is 11.7. The Morgan fingerprint density at radius 3 is 3.06 bits per heavy atom. The van der Waals surface area contributed by atoms with E-state index in [0.29, 0.717) is 5.92 Å². The molecule has 0 saturated carbocycles. The van der Waals surface area contributed by atoms with Gasteiger partial charge in [0.15, 0.2) is 0 Å². The molecule has 3 rings (SSSR count). The summed E-state index contributed by atoms with van der Waals surface area (Å²) in [5.41, 5.74) is 3.65. The first-order valence-corrected chi connectivity index (χ1v) is 5.82. The number of ether oxygens (including phenoxy) is 1. The van der Waals surface area contributed by atoms with Gasteiger partial charge in [-0.1, -0.05) is 18.2 Å². The maximum Gasteiger partial charge on any atom is 0.122 e. The Morgan fingerprint density at radius 2 is 2.18 bits per heavy atom. The zero-order valence-electron chi connectivity index (χ0n) is 9.76. The topological polar surface area (TPSA) is 35.0 Å². The van der Waals surface area contributed by atoms with Crippen molar-refractivity contribution in [1.82, 2.24) is 9.97 Å². The first-order chi connectivity index (χ1) is 8.40. The summed E-state index contributed by atoms with van der Waals surface area (Å²) in [5.74, 6) is 1.30. The van der Waals surface area contributed by atoms with Crippen LogP contribution in [0.3, 0.4) is 0 Å². The van der Waals surface area contributed by atoms with Crippen LogP contribution in [0.2, 0.25) is 0 Å². The summed E-state index contributed by atoms with van der Waals surface area (Å²) in [4.78, 5) is 8.51. The maximum atomic E-state index is 5.43. The normalized spacial score (nSPS) is 17.8. The highest BCUT2D eigenvalue weighted by atomic mass is 16.5. The second kappa shape index (κ2) is 4.17. The molecule has 2 aromatic rings. The number of benzene rings is 1. The van der Waals surface area contributed by atoms with E-state index >= 15 is 0 Å². The molecule has 1 aromatic carbocycles. The monoisotopic (exact) mass is 226 g/mol. The van der Waals surface area contributed by atoms with E-state index in [9.17, 15) is 0 Å². The molecule has 1 heterocycles. The lowest BCUT2D eigenvalue weighted by Gasteiger charge is -2.14. The van der Waals surface area contributed by atoms with Gasteiger partial charge in [-0.3, -0.25) is 0 Å². The van der Waals surface area contributed by atoms with Crippen LogP contribution in [-0.2, 0) is 6.42 Å². The fraction of sp³-hybridized carbons (Fsp3) is 0.286. The van der Waals surface area contributed by atoms with Crippen molar-refractivity contribution in [2.24, 2.45) is 0 Å². The molecule has 0 aliphatic heterocycles. The highest BCUT2D eigenvalue weighted by Gasteiger charge is 2.27. The number of aryl methyl sites for hydroxylation is 1. The number of fused-ring (bicyclic) bond motifs is 1. The lowest BCUT2D eigenvalue weighted by Crippen LogP contribution is -2.01. The third-order valence-electron chi connectivity index (χ3n) is 3.37. The van der Waals surface area contributed by atoms with Gasteiger partial charge in [-0.25, -0.2) is 9.97 Å². The first-order valence-electron chi connectivity index (χ1n) is 5.82. The quantitative estimate of drug-likeness (QED) is 0.789. The molecule has 0 N–H and O–H groups in total. The third-order valence-corrected chi connectivity index (χ3v) is 3.37. The van der Waals surface area contributed by atoms with Crippen LogP contribution in [0.4, 0.5) is 0 Å². The molecule has 0 fully saturated rings. The summed E-state index contributed by atoms with van der Waals surface area (Å²) in [6.45, 7) is 0. The largest absolute Gasteiger partial charge is 0.496 e. The minimum absolute atomic E-state index is 0.351. The van der Waals surface area contributed by atoms with Gasteiger partial charge in [0.1, 0.15) is 12.1 Å². The van der Waals surface area contributed by atoms with Gasteiger partial charge in [-0.15, -0.1) is 0 Å². The molecule has 86 valence electrons. The molecule has 0 spiro atoms. The van der Waals surface area contributed by atoms with Crippen LogP contribution in [0.1, 0.15) is 29.2 Å².